The molecule has 0 rings (SSSR count). The second-order valence-electron chi connectivity index (χ2n) is 6.46. The Hall–Kier alpha value is -0.970. The highest BCUT2D eigenvalue weighted by molar-refractivity contribution is 5.69. The third-order valence-corrected chi connectivity index (χ3v) is 4.13. The highest BCUT2D eigenvalue weighted by Gasteiger charge is 2.02. The van der Waals surface area contributed by atoms with Gasteiger partial charge in [-0.25, -0.2) is 0 Å². The standard InChI is InChI=1S/C19H38N2O3/c1-2-3-4-5-6-8-11-14-19(22)24-18-13-10-7-9-12-15-20-16-17-21-23/h20H,2-18H2,1H3. The number of carbonyl (C=O) groups excluding carboxylic acids is 1. The number of nitrogens with zero attached hydrogens (tertiary/aromatic N) is 1. The van der Waals surface area contributed by atoms with Crippen LogP contribution in [-0.4, -0.2) is 32.2 Å². The fourth-order valence-corrected chi connectivity index (χ4v) is 2.62. The average Bonchev–Trinajstić information content (AvgIpc) is 2.59. The van der Waals surface area contributed by atoms with Gasteiger partial charge in [-0.15, -0.1) is 0 Å². The number of rotatable bonds is 19. The van der Waals surface area contributed by atoms with Crippen LogP contribution in [0.5, 0.6) is 0 Å². The van der Waals surface area contributed by atoms with Crippen LogP contribution < -0.4 is 5.32 Å². The number of carbonyl (C=O) groups is 1. The van der Waals surface area contributed by atoms with Crippen LogP contribution in [0.1, 0.15) is 90.4 Å². The molecular weight excluding hydrogens is 304 g/mol. The maximum atomic E-state index is 11.6. The zero-order valence-electron chi connectivity index (χ0n) is 15.7. The van der Waals surface area contributed by atoms with Crippen LogP contribution in [0, 0.1) is 4.91 Å². The predicted octanol–water partition coefficient (Wildman–Crippen LogP) is 4.98. The van der Waals surface area contributed by atoms with Gasteiger partial charge in [-0.2, -0.15) is 4.91 Å². The molecule has 0 aromatic carbocycles. The van der Waals surface area contributed by atoms with Gasteiger partial charge >= 0.3 is 5.97 Å². The highest BCUT2D eigenvalue weighted by Crippen LogP contribution is 2.09. The van der Waals surface area contributed by atoms with Crippen LogP contribution in [0.3, 0.4) is 0 Å². The van der Waals surface area contributed by atoms with Gasteiger partial charge in [0.15, 0.2) is 0 Å². The molecule has 1 N–H and O–H groups in total. The van der Waals surface area contributed by atoms with Gasteiger partial charge in [-0.1, -0.05) is 69.9 Å². The van der Waals surface area contributed by atoms with Crippen LogP contribution in [0.25, 0.3) is 0 Å². The van der Waals surface area contributed by atoms with Crippen molar-refractivity contribution in [2.75, 3.05) is 26.2 Å². The summed E-state index contributed by atoms with van der Waals surface area (Å²) in [5, 5.41) is 5.98. The Balaban J connectivity index is 3.13. The van der Waals surface area contributed by atoms with E-state index in [4.69, 9.17) is 4.74 Å². The molecule has 0 aromatic rings. The number of hydrogen-bond acceptors (Lipinski definition) is 5. The first-order valence-corrected chi connectivity index (χ1v) is 9.96. The molecule has 0 heterocycles. The van der Waals surface area contributed by atoms with E-state index in [1.807, 2.05) is 0 Å². The third-order valence-electron chi connectivity index (χ3n) is 4.13. The second-order valence-corrected chi connectivity index (χ2v) is 6.46. The lowest BCUT2D eigenvalue weighted by Gasteiger charge is -2.05. The summed E-state index contributed by atoms with van der Waals surface area (Å²) in [7, 11) is 0. The smallest absolute Gasteiger partial charge is 0.305 e. The monoisotopic (exact) mass is 342 g/mol. The van der Waals surface area contributed by atoms with Crippen molar-refractivity contribution >= 4 is 5.97 Å². The maximum absolute atomic E-state index is 11.6. The first-order chi connectivity index (χ1) is 11.8. The van der Waals surface area contributed by atoms with Gasteiger partial charge in [0.25, 0.3) is 0 Å². The van der Waals surface area contributed by atoms with Gasteiger partial charge < -0.3 is 10.1 Å². The van der Waals surface area contributed by atoms with E-state index in [0.717, 1.165) is 38.6 Å². The molecule has 0 radical (unpaired) electrons. The van der Waals surface area contributed by atoms with Crippen molar-refractivity contribution in [2.24, 2.45) is 5.18 Å². The van der Waals surface area contributed by atoms with E-state index < -0.39 is 0 Å². The largest absolute Gasteiger partial charge is 0.466 e. The van der Waals surface area contributed by atoms with Crippen LogP contribution in [-0.2, 0) is 9.53 Å². The molecule has 0 aliphatic heterocycles. The number of hydrogen-bond donors (Lipinski definition) is 1. The highest BCUT2D eigenvalue weighted by atomic mass is 16.5. The van der Waals surface area contributed by atoms with Crippen LogP contribution >= 0.6 is 0 Å². The molecule has 0 unspecified atom stereocenters. The van der Waals surface area contributed by atoms with E-state index in [2.05, 4.69) is 17.4 Å². The molecule has 0 amide bonds. The summed E-state index contributed by atoms with van der Waals surface area (Å²) in [6.45, 7) is 4.77. The van der Waals surface area contributed by atoms with E-state index >= 15 is 0 Å². The normalized spacial score (nSPS) is 10.7. The fourth-order valence-electron chi connectivity index (χ4n) is 2.62. The summed E-state index contributed by atoms with van der Waals surface area (Å²) in [5.74, 6) is -0.0310. The Morgan fingerprint density at radius 3 is 2.17 bits per heavy atom. The number of nitroso groups, excluding NO2 is 1. The number of ether oxygens (including phenoxy) is 1. The molecule has 0 aliphatic rings. The van der Waals surface area contributed by atoms with Crippen molar-refractivity contribution in [3.05, 3.63) is 4.91 Å². The summed E-state index contributed by atoms with van der Waals surface area (Å²) >= 11 is 0. The van der Waals surface area contributed by atoms with Gasteiger partial charge in [0.05, 0.1) is 13.2 Å². The van der Waals surface area contributed by atoms with Crippen molar-refractivity contribution in [2.45, 2.75) is 90.4 Å². The Kier molecular flexibility index (Phi) is 19.3. The molecule has 0 aliphatic carbocycles. The molecule has 5 heteroatoms. The minimum Gasteiger partial charge on any atom is -0.466 e. The molecule has 0 atom stereocenters. The molecule has 0 saturated heterocycles. The van der Waals surface area contributed by atoms with Gasteiger partial charge in [-0.3, -0.25) is 4.79 Å². The van der Waals surface area contributed by atoms with Gasteiger partial charge in [0.1, 0.15) is 0 Å². The second kappa shape index (κ2) is 20.1. The van der Waals surface area contributed by atoms with Crippen LogP contribution in [0.15, 0.2) is 5.18 Å². The zero-order valence-corrected chi connectivity index (χ0v) is 15.7. The van der Waals surface area contributed by atoms with E-state index in [-0.39, 0.29) is 5.97 Å². The predicted molar refractivity (Wildman–Crippen MR) is 100 cm³/mol. The minimum absolute atomic E-state index is 0.0310. The zero-order chi connectivity index (χ0) is 17.7. The first kappa shape index (κ1) is 23.0. The summed E-state index contributed by atoms with van der Waals surface area (Å²) < 4.78 is 5.27. The Labute approximate surface area is 148 Å². The van der Waals surface area contributed by atoms with E-state index in [1.54, 1.807) is 0 Å². The third kappa shape index (κ3) is 19.1. The van der Waals surface area contributed by atoms with Crippen molar-refractivity contribution < 1.29 is 9.53 Å². The van der Waals surface area contributed by atoms with Gasteiger partial charge in [0.2, 0.25) is 0 Å². The van der Waals surface area contributed by atoms with Gasteiger partial charge in [-0.05, 0) is 25.8 Å². The number of esters is 1. The molecule has 24 heavy (non-hydrogen) atoms. The molecule has 5 nitrogen and oxygen atoms in total. The molecule has 0 aromatic heterocycles. The summed E-state index contributed by atoms with van der Waals surface area (Å²) in [6.07, 6.45) is 14.7. The summed E-state index contributed by atoms with van der Waals surface area (Å²) in [4.78, 5) is 21.5. The first-order valence-electron chi connectivity index (χ1n) is 9.96. The van der Waals surface area contributed by atoms with Crippen molar-refractivity contribution in [3.8, 4) is 0 Å². The lowest BCUT2D eigenvalue weighted by Crippen LogP contribution is -2.18. The van der Waals surface area contributed by atoms with E-state index in [9.17, 15) is 9.70 Å². The van der Waals surface area contributed by atoms with Crippen LogP contribution in [0.4, 0.5) is 0 Å². The lowest BCUT2D eigenvalue weighted by atomic mass is 10.1. The maximum Gasteiger partial charge on any atom is 0.305 e. The molecule has 0 fully saturated rings. The van der Waals surface area contributed by atoms with Crippen LogP contribution in [0.2, 0.25) is 0 Å². The molecule has 0 bridgehead atoms. The van der Waals surface area contributed by atoms with E-state index in [0.29, 0.717) is 26.1 Å². The molecule has 0 spiro atoms. The fraction of sp³-hybridized carbons (Fsp3) is 0.947. The molecular formula is C19H38N2O3. The van der Waals surface area contributed by atoms with Gasteiger partial charge in [0, 0.05) is 13.0 Å². The van der Waals surface area contributed by atoms with E-state index in [1.165, 1.54) is 44.9 Å². The molecule has 0 saturated carbocycles. The quantitative estimate of drug-likeness (QED) is 0.204. The van der Waals surface area contributed by atoms with Crippen molar-refractivity contribution in [3.63, 3.8) is 0 Å². The SMILES string of the molecule is CCCCCCCCCC(=O)OCCCCCCCNCCN=O. The number of nitrogens with one attached hydrogen (secondary N) is 1. The topological polar surface area (TPSA) is 67.8 Å². The Bertz CT molecular complexity index is 286. The summed E-state index contributed by atoms with van der Waals surface area (Å²) in [6, 6.07) is 0. The van der Waals surface area contributed by atoms with Crippen molar-refractivity contribution in [1.82, 2.24) is 5.32 Å². The lowest BCUT2D eigenvalue weighted by molar-refractivity contribution is -0.143. The Morgan fingerprint density at radius 2 is 1.46 bits per heavy atom. The number of unbranched alkanes of at least 4 members (excludes halogenated alkanes) is 10. The van der Waals surface area contributed by atoms with Crippen molar-refractivity contribution in [1.29, 1.82) is 0 Å². The summed E-state index contributed by atoms with van der Waals surface area (Å²) in [5.41, 5.74) is 0. The average molecular weight is 343 g/mol. The Morgan fingerprint density at radius 1 is 0.833 bits per heavy atom. The molecule has 142 valence electrons. The minimum atomic E-state index is -0.0310.